The Labute approximate surface area is 120 Å². The number of nitrogens with one attached hydrogen (secondary N) is 1. The molecule has 0 bridgehead atoms. The number of hydrogen-bond acceptors (Lipinski definition) is 4. The van der Waals surface area contributed by atoms with E-state index in [0.717, 1.165) is 0 Å². The summed E-state index contributed by atoms with van der Waals surface area (Å²) in [6, 6.07) is -0.324. The van der Waals surface area contributed by atoms with Crippen LogP contribution in [-0.4, -0.2) is 56.6 Å². The van der Waals surface area contributed by atoms with Gasteiger partial charge in [-0.2, -0.15) is 17.4 Å². The summed E-state index contributed by atoms with van der Waals surface area (Å²) in [6.07, 6.45) is 1.08. The van der Waals surface area contributed by atoms with Crippen LogP contribution >= 0.6 is 0 Å². The van der Waals surface area contributed by atoms with Crippen molar-refractivity contribution in [1.82, 2.24) is 9.03 Å². The standard InChI is InChI=1S/C12H24N2O5S/c1-9(2)11(8-19-3)13-20(17,18)14-6-4-5-10(7-14)12(15)16/h9-11,13H,4-8H2,1-3H3,(H,15,16). The van der Waals surface area contributed by atoms with E-state index in [2.05, 4.69) is 4.72 Å². The lowest BCUT2D eigenvalue weighted by Gasteiger charge is -2.32. The molecule has 0 aromatic heterocycles. The number of ether oxygens (including phenoxy) is 1. The van der Waals surface area contributed by atoms with Gasteiger partial charge in [0.05, 0.1) is 12.5 Å². The van der Waals surface area contributed by atoms with Gasteiger partial charge in [0, 0.05) is 26.2 Å². The van der Waals surface area contributed by atoms with Crippen molar-refractivity contribution in [2.24, 2.45) is 11.8 Å². The Morgan fingerprint density at radius 3 is 2.65 bits per heavy atom. The molecule has 2 atom stereocenters. The first-order valence-electron chi connectivity index (χ1n) is 6.77. The molecule has 8 heteroatoms. The SMILES string of the molecule is COCC(NS(=O)(=O)N1CCCC(C(=O)O)C1)C(C)C. The maximum Gasteiger partial charge on any atom is 0.307 e. The van der Waals surface area contributed by atoms with Gasteiger partial charge in [0.25, 0.3) is 10.2 Å². The molecule has 7 nitrogen and oxygen atoms in total. The molecule has 1 aliphatic rings. The molecule has 1 fully saturated rings. The molecule has 1 saturated heterocycles. The van der Waals surface area contributed by atoms with Gasteiger partial charge in [-0.3, -0.25) is 4.79 Å². The molecule has 1 rings (SSSR count). The molecule has 0 spiro atoms. The summed E-state index contributed by atoms with van der Waals surface area (Å²) in [5.41, 5.74) is 0. The van der Waals surface area contributed by atoms with E-state index in [1.165, 1.54) is 11.4 Å². The number of nitrogens with zero attached hydrogens (tertiary/aromatic N) is 1. The summed E-state index contributed by atoms with van der Waals surface area (Å²) in [7, 11) is -2.16. The molecule has 0 aromatic rings. The van der Waals surface area contributed by atoms with Gasteiger partial charge >= 0.3 is 5.97 Å². The molecule has 2 unspecified atom stereocenters. The zero-order valence-electron chi connectivity index (χ0n) is 12.2. The molecule has 0 saturated carbocycles. The van der Waals surface area contributed by atoms with Gasteiger partial charge in [-0.25, -0.2) is 0 Å². The van der Waals surface area contributed by atoms with Gasteiger partial charge in [0.2, 0.25) is 0 Å². The number of carbonyl (C=O) groups is 1. The maximum atomic E-state index is 12.3. The summed E-state index contributed by atoms with van der Waals surface area (Å²) in [5, 5.41) is 9.01. The summed E-state index contributed by atoms with van der Waals surface area (Å²) in [6.45, 7) is 4.48. The zero-order chi connectivity index (χ0) is 15.3. The zero-order valence-corrected chi connectivity index (χ0v) is 13.0. The van der Waals surface area contributed by atoms with Crippen molar-refractivity contribution >= 4 is 16.2 Å². The van der Waals surface area contributed by atoms with Crippen LogP contribution in [0.1, 0.15) is 26.7 Å². The monoisotopic (exact) mass is 308 g/mol. The minimum Gasteiger partial charge on any atom is -0.481 e. The second kappa shape index (κ2) is 7.35. The number of carboxylic acid groups (broad SMARTS) is 1. The third kappa shape index (κ3) is 4.69. The van der Waals surface area contributed by atoms with Crippen LogP contribution in [0.3, 0.4) is 0 Å². The van der Waals surface area contributed by atoms with E-state index >= 15 is 0 Å². The van der Waals surface area contributed by atoms with Gasteiger partial charge in [-0.05, 0) is 18.8 Å². The fourth-order valence-electron chi connectivity index (χ4n) is 2.17. The van der Waals surface area contributed by atoms with Gasteiger partial charge in [0.1, 0.15) is 0 Å². The van der Waals surface area contributed by atoms with Crippen molar-refractivity contribution in [1.29, 1.82) is 0 Å². The van der Waals surface area contributed by atoms with E-state index in [0.29, 0.717) is 19.4 Å². The second-order valence-corrected chi connectivity index (χ2v) is 7.17. The minimum atomic E-state index is -3.68. The fraction of sp³-hybridized carbons (Fsp3) is 0.917. The van der Waals surface area contributed by atoms with Gasteiger partial charge in [-0.15, -0.1) is 0 Å². The molecule has 1 heterocycles. The summed E-state index contributed by atoms with van der Waals surface area (Å²) >= 11 is 0. The molecule has 0 aliphatic carbocycles. The lowest BCUT2D eigenvalue weighted by molar-refractivity contribution is -0.142. The van der Waals surface area contributed by atoms with Crippen LogP contribution in [0.25, 0.3) is 0 Å². The summed E-state index contributed by atoms with van der Waals surface area (Å²) < 4.78 is 33.5. The average Bonchev–Trinajstić information content (AvgIpc) is 2.38. The molecule has 118 valence electrons. The smallest absolute Gasteiger partial charge is 0.307 e. The van der Waals surface area contributed by atoms with Crippen LogP contribution in [0.4, 0.5) is 0 Å². The van der Waals surface area contributed by atoms with Gasteiger partial charge < -0.3 is 9.84 Å². The van der Waals surface area contributed by atoms with Crippen LogP contribution in [0.2, 0.25) is 0 Å². The van der Waals surface area contributed by atoms with Crippen LogP contribution in [0, 0.1) is 11.8 Å². The van der Waals surface area contributed by atoms with Crippen molar-refractivity contribution in [3.63, 3.8) is 0 Å². The normalized spacial score (nSPS) is 22.9. The van der Waals surface area contributed by atoms with Crippen molar-refractivity contribution in [2.75, 3.05) is 26.8 Å². The van der Waals surface area contributed by atoms with Crippen LogP contribution in [-0.2, 0) is 19.7 Å². The molecule has 0 radical (unpaired) electrons. The summed E-state index contributed by atoms with van der Waals surface area (Å²) in [4.78, 5) is 11.0. The number of rotatable bonds is 7. The predicted molar refractivity (Wildman–Crippen MR) is 74.5 cm³/mol. The molecule has 1 aliphatic heterocycles. The topological polar surface area (TPSA) is 95.9 Å². The van der Waals surface area contributed by atoms with E-state index in [4.69, 9.17) is 9.84 Å². The van der Waals surface area contributed by atoms with E-state index in [-0.39, 0.29) is 25.1 Å². The number of aliphatic carboxylic acids is 1. The van der Waals surface area contributed by atoms with Crippen molar-refractivity contribution in [3.05, 3.63) is 0 Å². The fourth-order valence-corrected chi connectivity index (χ4v) is 3.79. The Balaban J connectivity index is 2.74. The first-order chi connectivity index (χ1) is 9.27. The second-order valence-electron chi connectivity index (χ2n) is 5.46. The molecule has 0 aromatic carbocycles. The summed E-state index contributed by atoms with van der Waals surface area (Å²) in [5.74, 6) is -1.48. The van der Waals surface area contributed by atoms with Crippen LogP contribution < -0.4 is 4.72 Å². The Bertz CT molecular complexity index is 424. The van der Waals surface area contributed by atoms with Gasteiger partial charge in [0.15, 0.2) is 0 Å². The van der Waals surface area contributed by atoms with Crippen molar-refractivity contribution < 1.29 is 23.1 Å². The maximum absolute atomic E-state index is 12.3. The predicted octanol–water partition coefficient (Wildman–Crippen LogP) is 0.288. The lowest BCUT2D eigenvalue weighted by atomic mass is 10.0. The largest absolute Gasteiger partial charge is 0.481 e. The molecular weight excluding hydrogens is 284 g/mol. The highest BCUT2D eigenvalue weighted by molar-refractivity contribution is 7.87. The third-order valence-corrected chi connectivity index (χ3v) is 5.14. The van der Waals surface area contributed by atoms with Crippen LogP contribution in [0.15, 0.2) is 0 Å². The van der Waals surface area contributed by atoms with Crippen molar-refractivity contribution in [2.45, 2.75) is 32.7 Å². The van der Waals surface area contributed by atoms with Gasteiger partial charge in [-0.1, -0.05) is 13.8 Å². The van der Waals surface area contributed by atoms with Crippen LogP contribution in [0.5, 0.6) is 0 Å². The minimum absolute atomic E-state index is 0.0302. The number of carboxylic acids is 1. The van der Waals surface area contributed by atoms with E-state index in [1.807, 2.05) is 13.8 Å². The number of hydrogen-bond donors (Lipinski definition) is 2. The molecular formula is C12H24N2O5S. The molecule has 0 amide bonds. The third-order valence-electron chi connectivity index (χ3n) is 3.52. The number of methoxy groups -OCH3 is 1. The Morgan fingerprint density at radius 2 is 2.15 bits per heavy atom. The Hall–Kier alpha value is -0.700. The highest BCUT2D eigenvalue weighted by Gasteiger charge is 2.33. The average molecular weight is 308 g/mol. The van der Waals surface area contributed by atoms with E-state index in [9.17, 15) is 13.2 Å². The first-order valence-corrected chi connectivity index (χ1v) is 8.21. The first kappa shape index (κ1) is 17.4. The Kier molecular flexibility index (Phi) is 6.38. The Morgan fingerprint density at radius 1 is 1.50 bits per heavy atom. The molecule has 20 heavy (non-hydrogen) atoms. The van der Waals surface area contributed by atoms with E-state index < -0.39 is 22.1 Å². The number of piperidine rings is 1. The quantitative estimate of drug-likeness (QED) is 0.704. The lowest BCUT2D eigenvalue weighted by Crippen LogP contribution is -2.52. The molecule has 2 N–H and O–H groups in total. The highest BCUT2D eigenvalue weighted by atomic mass is 32.2. The van der Waals surface area contributed by atoms with E-state index in [1.54, 1.807) is 0 Å². The van der Waals surface area contributed by atoms with Crippen molar-refractivity contribution in [3.8, 4) is 0 Å². The highest BCUT2D eigenvalue weighted by Crippen LogP contribution is 2.19.